The van der Waals surface area contributed by atoms with Crippen molar-refractivity contribution in [1.82, 2.24) is 5.01 Å². The van der Waals surface area contributed by atoms with E-state index in [0.717, 1.165) is 30.3 Å². The minimum absolute atomic E-state index is 0.119. The number of hydrazine groups is 1. The summed E-state index contributed by atoms with van der Waals surface area (Å²) in [6.45, 7) is 4.00. The Morgan fingerprint density at radius 2 is 1.67 bits per heavy atom. The van der Waals surface area contributed by atoms with Crippen LogP contribution in [0.2, 0.25) is 0 Å². The first-order valence-corrected chi connectivity index (χ1v) is 11.2. The second kappa shape index (κ2) is 5.77. The number of rotatable bonds is 3. The van der Waals surface area contributed by atoms with Gasteiger partial charge in [-0.15, -0.1) is 0 Å². The molecule has 0 aromatic heterocycles. The van der Waals surface area contributed by atoms with Gasteiger partial charge in [-0.05, 0) is 75.2 Å². The summed E-state index contributed by atoms with van der Waals surface area (Å²) in [5, 5.41) is 16.5. The number of benzene rings is 2. The number of carboxylic acid groups (broad SMARTS) is 1. The number of nitrogens with zero attached hydrogens (tertiary/aromatic N) is 2. The third kappa shape index (κ3) is 2.18. The van der Waals surface area contributed by atoms with E-state index in [-0.39, 0.29) is 23.8 Å². The van der Waals surface area contributed by atoms with Crippen LogP contribution in [0.5, 0.6) is 0 Å². The number of carbonyl (C=O) groups is 2. The minimum Gasteiger partial charge on any atom is -0.481 e. The van der Waals surface area contributed by atoms with Crippen molar-refractivity contribution in [2.75, 3.05) is 5.01 Å². The fourth-order valence-corrected chi connectivity index (χ4v) is 7.42. The maximum Gasteiger partial charge on any atom is 0.309 e. The predicted molar refractivity (Wildman–Crippen MR) is 115 cm³/mol. The van der Waals surface area contributed by atoms with Crippen LogP contribution in [0.4, 0.5) is 5.69 Å². The molecule has 4 bridgehead atoms. The maximum atomic E-state index is 13.4. The standard InChI is InChI=1S/C25H28N2O3/c1-24(2)22(28)26(27(24)20-9-5-7-16-6-3-4-8-19(16)20)21-17-10-15-11-18(21)14-25(12-15,13-17)23(29)30/h3-9,15,17-18,21H,10-14H2,1-2H3,(H,29,30)/t15?,17-,18?,21?,25?/m0/s1. The highest BCUT2D eigenvalue weighted by atomic mass is 16.4. The molecule has 0 radical (unpaired) electrons. The molecule has 4 unspecified atom stereocenters. The van der Waals surface area contributed by atoms with Crippen LogP contribution >= 0.6 is 0 Å². The van der Waals surface area contributed by atoms with E-state index in [2.05, 4.69) is 35.3 Å². The number of aliphatic carboxylic acids is 1. The third-order valence-corrected chi connectivity index (χ3v) is 8.43. The molecule has 1 saturated heterocycles. The molecule has 1 aliphatic heterocycles. The van der Waals surface area contributed by atoms with Gasteiger partial charge in [0.15, 0.2) is 0 Å². The lowest BCUT2D eigenvalue weighted by Gasteiger charge is -2.67. The molecule has 156 valence electrons. The molecule has 2 aromatic rings. The Morgan fingerprint density at radius 1 is 1.00 bits per heavy atom. The summed E-state index contributed by atoms with van der Waals surface area (Å²) < 4.78 is 0. The molecule has 0 spiro atoms. The molecule has 5 aliphatic rings. The van der Waals surface area contributed by atoms with Crippen molar-refractivity contribution in [3.63, 3.8) is 0 Å². The fraction of sp³-hybridized carbons (Fsp3) is 0.520. The van der Waals surface area contributed by atoms with Crippen molar-refractivity contribution < 1.29 is 14.7 Å². The summed E-state index contributed by atoms with van der Waals surface area (Å²) >= 11 is 0. The van der Waals surface area contributed by atoms with Gasteiger partial charge in [-0.1, -0.05) is 36.4 Å². The Morgan fingerprint density at radius 3 is 2.37 bits per heavy atom. The minimum atomic E-state index is -0.624. The van der Waals surface area contributed by atoms with Crippen molar-refractivity contribution in [3.8, 4) is 0 Å². The summed E-state index contributed by atoms with van der Waals surface area (Å²) in [5.41, 5.74) is -0.0799. The van der Waals surface area contributed by atoms with Crippen LogP contribution in [0.15, 0.2) is 42.5 Å². The quantitative estimate of drug-likeness (QED) is 0.820. The molecule has 30 heavy (non-hydrogen) atoms. The van der Waals surface area contributed by atoms with Crippen molar-refractivity contribution in [3.05, 3.63) is 42.5 Å². The van der Waals surface area contributed by atoms with Gasteiger partial charge in [0.05, 0.1) is 17.1 Å². The van der Waals surface area contributed by atoms with Gasteiger partial charge >= 0.3 is 5.97 Å². The van der Waals surface area contributed by atoms with Gasteiger partial charge < -0.3 is 5.11 Å². The van der Waals surface area contributed by atoms with E-state index in [9.17, 15) is 14.7 Å². The average Bonchev–Trinajstić information content (AvgIpc) is 2.71. The Balaban J connectivity index is 1.42. The number of anilines is 1. The molecule has 2 aromatic carbocycles. The lowest BCUT2D eigenvalue weighted by molar-refractivity contribution is -0.187. The number of hydrogen-bond acceptors (Lipinski definition) is 3. The van der Waals surface area contributed by atoms with Crippen molar-refractivity contribution in [1.29, 1.82) is 0 Å². The summed E-state index contributed by atoms with van der Waals surface area (Å²) in [6.07, 6.45) is 4.38. The summed E-state index contributed by atoms with van der Waals surface area (Å²) in [6, 6.07) is 14.7. The maximum absolute atomic E-state index is 13.4. The molecular formula is C25H28N2O3. The molecule has 5 fully saturated rings. The van der Waals surface area contributed by atoms with E-state index in [1.807, 2.05) is 31.0 Å². The summed E-state index contributed by atoms with van der Waals surface area (Å²) in [5.74, 6) is 0.610. The zero-order valence-electron chi connectivity index (χ0n) is 17.5. The largest absolute Gasteiger partial charge is 0.481 e. The summed E-state index contributed by atoms with van der Waals surface area (Å²) in [4.78, 5) is 25.5. The first-order valence-electron chi connectivity index (χ1n) is 11.2. The highest BCUT2D eigenvalue weighted by Gasteiger charge is 2.65. The molecule has 5 heteroatoms. The van der Waals surface area contributed by atoms with Crippen LogP contribution in [0.25, 0.3) is 10.8 Å². The van der Waals surface area contributed by atoms with Gasteiger partial charge in [0, 0.05) is 5.39 Å². The molecule has 5 atom stereocenters. The molecule has 5 nitrogen and oxygen atoms in total. The van der Waals surface area contributed by atoms with Gasteiger partial charge in [0.2, 0.25) is 0 Å². The highest BCUT2D eigenvalue weighted by molar-refractivity contribution is 6.03. The second-order valence-corrected chi connectivity index (χ2v) is 10.6. The van der Waals surface area contributed by atoms with E-state index in [1.54, 1.807) is 0 Å². The Bertz CT molecular complexity index is 1060. The Hall–Kier alpha value is -2.56. The zero-order chi connectivity index (χ0) is 20.8. The smallest absolute Gasteiger partial charge is 0.309 e. The molecular weight excluding hydrogens is 376 g/mol. The van der Waals surface area contributed by atoms with E-state index >= 15 is 0 Å². The third-order valence-electron chi connectivity index (χ3n) is 8.43. The first-order chi connectivity index (χ1) is 14.3. The predicted octanol–water partition coefficient (Wildman–Crippen LogP) is 4.46. The SMILES string of the molecule is CC1(C)C(=O)N(C2C3CC4C[C@H]2CC(C(=O)O)(C4)C3)N1c1cccc2ccccc12. The normalized spacial score (nSPS) is 36.3. The first kappa shape index (κ1) is 18.2. The molecule has 4 saturated carbocycles. The van der Waals surface area contributed by atoms with E-state index in [4.69, 9.17) is 0 Å². The van der Waals surface area contributed by atoms with E-state index in [1.165, 1.54) is 5.39 Å². The van der Waals surface area contributed by atoms with Gasteiger partial charge in [0.25, 0.3) is 5.91 Å². The van der Waals surface area contributed by atoms with Crippen LogP contribution in [-0.2, 0) is 9.59 Å². The number of carboxylic acids is 1. The molecule has 1 heterocycles. The molecule has 1 N–H and O–H groups in total. The highest BCUT2D eigenvalue weighted by Crippen LogP contribution is 2.62. The van der Waals surface area contributed by atoms with Gasteiger partial charge in [0.1, 0.15) is 5.54 Å². The Labute approximate surface area is 176 Å². The number of fused-ring (bicyclic) bond motifs is 1. The zero-order valence-corrected chi connectivity index (χ0v) is 17.5. The molecule has 1 amide bonds. The van der Waals surface area contributed by atoms with Crippen LogP contribution < -0.4 is 5.01 Å². The molecule has 4 aliphatic carbocycles. The van der Waals surface area contributed by atoms with Crippen LogP contribution in [0.1, 0.15) is 46.0 Å². The van der Waals surface area contributed by atoms with Gasteiger partial charge in [-0.25, -0.2) is 5.01 Å². The van der Waals surface area contributed by atoms with Gasteiger partial charge in [-0.2, -0.15) is 0 Å². The lowest BCUT2D eigenvalue weighted by Crippen LogP contribution is -2.80. The average molecular weight is 405 g/mol. The monoisotopic (exact) mass is 404 g/mol. The summed E-state index contributed by atoms with van der Waals surface area (Å²) in [7, 11) is 0. The number of hydrogen-bond donors (Lipinski definition) is 1. The van der Waals surface area contributed by atoms with Crippen LogP contribution in [0.3, 0.4) is 0 Å². The van der Waals surface area contributed by atoms with Crippen LogP contribution in [0, 0.1) is 23.2 Å². The van der Waals surface area contributed by atoms with Crippen LogP contribution in [-0.4, -0.2) is 33.6 Å². The van der Waals surface area contributed by atoms with Crippen molar-refractivity contribution in [2.45, 2.75) is 57.5 Å². The van der Waals surface area contributed by atoms with E-state index < -0.39 is 16.9 Å². The Kier molecular flexibility index (Phi) is 3.51. The molecule has 7 rings (SSSR count). The fourth-order valence-electron chi connectivity index (χ4n) is 7.42. The van der Waals surface area contributed by atoms with E-state index in [0.29, 0.717) is 18.8 Å². The number of amides is 1. The number of carbonyl (C=O) groups excluding carboxylic acids is 1. The topological polar surface area (TPSA) is 60.9 Å². The second-order valence-electron chi connectivity index (χ2n) is 10.6. The lowest BCUT2D eigenvalue weighted by atomic mass is 9.47. The van der Waals surface area contributed by atoms with Gasteiger partial charge in [-0.3, -0.25) is 14.6 Å². The van der Waals surface area contributed by atoms with Crippen molar-refractivity contribution in [2.24, 2.45) is 23.2 Å². The van der Waals surface area contributed by atoms with Crippen molar-refractivity contribution >= 4 is 28.3 Å².